The first-order chi connectivity index (χ1) is 7.41. The van der Waals surface area contributed by atoms with Crippen LogP contribution in [0.2, 0.25) is 5.15 Å². The quantitative estimate of drug-likeness (QED) is 0.464. The van der Waals surface area contributed by atoms with Gasteiger partial charge in [0.2, 0.25) is 0 Å². The van der Waals surface area contributed by atoms with Crippen molar-refractivity contribution in [3.05, 3.63) is 38.8 Å². The van der Waals surface area contributed by atoms with E-state index in [-0.39, 0.29) is 10.8 Å². The molecule has 16 heavy (non-hydrogen) atoms. The van der Waals surface area contributed by atoms with E-state index in [0.29, 0.717) is 5.56 Å². The Morgan fingerprint density at radius 1 is 1.62 bits per heavy atom. The first-order valence-electron chi connectivity index (χ1n) is 4.57. The van der Waals surface area contributed by atoms with Crippen LogP contribution in [0.5, 0.6) is 0 Å². The van der Waals surface area contributed by atoms with E-state index < -0.39 is 4.92 Å². The molecule has 6 heteroatoms. The third-order valence-electron chi connectivity index (χ3n) is 2.15. The maximum Gasteiger partial charge on any atom is 0.294 e. The molecule has 0 atom stereocenters. The molecule has 0 spiro atoms. The van der Waals surface area contributed by atoms with Crippen LogP contribution in [0.25, 0.3) is 6.08 Å². The predicted octanol–water partition coefficient (Wildman–Crippen LogP) is 2.57. The van der Waals surface area contributed by atoms with Gasteiger partial charge in [-0.2, -0.15) is 0 Å². The van der Waals surface area contributed by atoms with E-state index in [0.717, 1.165) is 11.9 Å². The van der Waals surface area contributed by atoms with Crippen molar-refractivity contribution >= 4 is 23.4 Å². The Kier molecular flexibility index (Phi) is 3.84. The van der Waals surface area contributed by atoms with Gasteiger partial charge in [0.1, 0.15) is 11.3 Å². The lowest BCUT2D eigenvalue weighted by Crippen LogP contribution is -2.07. The molecule has 0 bridgehead atoms. The molecular weight excluding hydrogens is 230 g/mol. The number of pyridine rings is 1. The molecule has 1 heterocycles. The Morgan fingerprint density at radius 3 is 2.75 bits per heavy atom. The topological polar surface area (TPSA) is 59.3 Å². The highest BCUT2D eigenvalue weighted by Gasteiger charge is 2.13. The van der Waals surface area contributed by atoms with Crippen molar-refractivity contribution < 1.29 is 4.92 Å². The predicted molar refractivity (Wildman–Crippen MR) is 63.2 cm³/mol. The zero-order valence-corrected chi connectivity index (χ0v) is 10.0. The molecule has 0 amide bonds. The Balaban J connectivity index is 3.25. The normalized spacial score (nSPS) is 11.4. The highest BCUT2D eigenvalue weighted by Crippen LogP contribution is 2.23. The van der Waals surface area contributed by atoms with Gasteiger partial charge < -0.3 is 4.90 Å². The summed E-state index contributed by atoms with van der Waals surface area (Å²) in [5.41, 5.74) is 1.30. The summed E-state index contributed by atoms with van der Waals surface area (Å²) in [6, 6.07) is 1.48. The third-order valence-corrected chi connectivity index (χ3v) is 2.35. The highest BCUT2D eigenvalue weighted by atomic mass is 35.5. The van der Waals surface area contributed by atoms with Crippen molar-refractivity contribution in [2.24, 2.45) is 0 Å². The summed E-state index contributed by atoms with van der Waals surface area (Å²) >= 11 is 5.71. The van der Waals surface area contributed by atoms with E-state index in [1.165, 1.54) is 6.07 Å². The second kappa shape index (κ2) is 4.94. The molecular formula is C10H12ClN3O2. The number of nitrogens with zero attached hydrogens (tertiary/aromatic N) is 3. The number of allylic oxidation sites excluding steroid dienone is 1. The lowest BCUT2D eigenvalue weighted by Gasteiger charge is -2.12. The van der Waals surface area contributed by atoms with Gasteiger partial charge in [0, 0.05) is 19.8 Å². The van der Waals surface area contributed by atoms with Crippen LogP contribution in [0, 0.1) is 10.1 Å². The summed E-state index contributed by atoms with van der Waals surface area (Å²) in [7, 11) is 3.72. The van der Waals surface area contributed by atoms with E-state index in [1.54, 1.807) is 6.08 Å². The second-order valence-electron chi connectivity index (χ2n) is 3.50. The van der Waals surface area contributed by atoms with Crippen molar-refractivity contribution in [3.8, 4) is 0 Å². The molecule has 1 aromatic rings. The standard InChI is InChI=1S/C10H12ClN3O2/c1-7(13(2)3)4-8-5-10(11)12-6-9(8)14(15)16/h4-6H,1-3H3/b7-4+. The summed E-state index contributed by atoms with van der Waals surface area (Å²) < 4.78 is 0. The molecule has 0 unspecified atom stereocenters. The molecule has 1 aromatic heterocycles. The number of halogens is 1. The molecule has 0 aliphatic carbocycles. The van der Waals surface area contributed by atoms with E-state index in [1.807, 2.05) is 25.9 Å². The molecule has 0 aliphatic heterocycles. The van der Waals surface area contributed by atoms with Crippen molar-refractivity contribution in [1.82, 2.24) is 9.88 Å². The van der Waals surface area contributed by atoms with E-state index >= 15 is 0 Å². The summed E-state index contributed by atoms with van der Waals surface area (Å²) in [5, 5.41) is 11.0. The number of hydrogen-bond donors (Lipinski definition) is 0. The molecule has 0 fully saturated rings. The van der Waals surface area contributed by atoms with E-state index in [2.05, 4.69) is 4.98 Å². The summed E-state index contributed by atoms with van der Waals surface area (Å²) in [4.78, 5) is 15.8. The van der Waals surface area contributed by atoms with Crippen molar-refractivity contribution in [2.45, 2.75) is 6.92 Å². The maximum absolute atomic E-state index is 10.8. The van der Waals surface area contributed by atoms with Crippen LogP contribution < -0.4 is 0 Å². The zero-order chi connectivity index (χ0) is 12.3. The van der Waals surface area contributed by atoms with Crippen LogP contribution >= 0.6 is 11.6 Å². The SMILES string of the molecule is C/C(=C\c1cc(Cl)ncc1[N+](=O)[O-])N(C)C. The molecule has 86 valence electrons. The average molecular weight is 242 g/mol. The Labute approximate surface area is 98.5 Å². The van der Waals surface area contributed by atoms with Gasteiger partial charge in [0.15, 0.2) is 0 Å². The molecule has 0 saturated carbocycles. The van der Waals surface area contributed by atoms with Crippen LogP contribution in [0.4, 0.5) is 5.69 Å². The fourth-order valence-corrected chi connectivity index (χ4v) is 1.23. The average Bonchev–Trinajstić information content (AvgIpc) is 2.16. The molecule has 1 rings (SSSR count). The van der Waals surface area contributed by atoms with Gasteiger partial charge in [-0.1, -0.05) is 11.6 Å². The fourth-order valence-electron chi connectivity index (χ4n) is 1.06. The van der Waals surface area contributed by atoms with Gasteiger partial charge in [-0.25, -0.2) is 4.98 Å². The Bertz CT molecular complexity index is 444. The van der Waals surface area contributed by atoms with Gasteiger partial charge in [-0.3, -0.25) is 10.1 Å². The van der Waals surface area contributed by atoms with Crippen LogP contribution in [-0.4, -0.2) is 28.9 Å². The first kappa shape index (κ1) is 12.4. The lowest BCUT2D eigenvalue weighted by atomic mass is 10.2. The van der Waals surface area contributed by atoms with Gasteiger partial charge in [0.25, 0.3) is 5.69 Å². The fraction of sp³-hybridized carbons (Fsp3) is 0.300. The van der Waals surface area contributed by atoms with E-state index in [4.69, 9.17) is 11.6 Å². The van der Waals surface area contributed by atoms with Crippen molar-refractivity contribution in [3.63, 3.8) is 0 Å². The summed E-state index contributed by atoms with van der Waals surface area (Å²) in [6.45, 7) is 1.86. The molecule has 0 N–H and O–H groups in total. The number of aromatic nitrogens is 1. The Morgan fingerprint density at radius 2 is 2.25 bits per heavy atom. The van der Waals surface area contributed by atoms with Crippen LogP contribution in [0.1, 0.15) is 12.5 Å². The van der Waals surface area contributed by atoms with Crippen LogP contribution in [0.15, 0.2) is 18.0 Å². The van der Waals surface area contributed by atoms with Gasteiger partial charge in [-0.15, -0.1) is 0 Å². The van der Waals surface area contributed by atoms with Crippen LogP contribution in [-0.2, 0) is 0 Å². The lowest BCUT2D eigenvalue weighted by molar-refractivity contribution is -0.385. The minimum absolute atomic E-state index is 0.0504. The smallest absolute Gasteiger partial charge is 0.294 e. The van der Waals surface area contributed by atoms with Crippen molar-refractivity contribution in [1.29, 1.82) is 0 Å². The minimum Gasteiger partial charge on any atom is -0.381 e. The molecule has 0 saturated heterocycles. The number of hydrogen-bond acceptors (Lipinski definition) is 4. The molecule has 0 aromatic carbocycles. The first-order valence-corrected chi connectivity index (χ1v) is 4.95. The molecule has 0 aliphatic rings. The molecule has 5 nitrogen and oxygen atoms in total. The minimum atomic E-state index is -0.474. The van der Waals surface area contributed by atoms with Crippen molar-refractivity contribution in [2.75, 3.05) is 14.1 Å². The van der Waals surface area contributed by atoms with Gasteiger partial charge >= 0.3 is 0 Å². The van der Waals surface area contributed by atoms with Gasteiger partial charge in [-0.05, 0) is 19.1 Å². The zero-order valence-electron chi connectivity index (χ0n) is 9.27. The second-order valence-corrected chi connectivity index (χ2v) is 3.89. The molecule has 0 radical (unpaired) electrons. The monoisotopic (exact) mass is 241 g/mol. The van der Waals surface area contributed by atoms with Gasteiger partial charge in [0.05, 0.1) is 10.5 Å². The van der Waals surface area contributed by atoms with Crippen LogP contribution in [0.3, 0.4) is 0 Å². The third kappa shape index (κ3) is 2.93. The van der Waals surface area contributed by atoms with E-state index in [9.17, 15) is 10.1 Å². The highest BCUT2D eigenvalue weighted by molar-refractivity contribution is 6.29. The largest absolute Gasteiger partial charge is 0.381 e. The number of rotatable bonds is 3. The maximum atomic E-state index is 10.8. The Hall–Kier alpha value is -1.62. The summed E-state index contributed by atoms with van der Waals surface area (Å²) in [6.07, 6.45) is 2.86. The number of nitro groups is 1. The summed E-state index contributed by atoms with van der Waals surface area (Å²) in [5.74, 6) is 0.